The molecule has 0 aliphatic carbocycles. The van der Waals surface area contributed by atoms with E-state index in [1.807, 2.05) is 6.92 Å². The molecule has 3 rings (SSSR count). The van der Waals surface area contributed by atoms with Gasteiger partial charge >= 0.3 is 0 Å². The maximum atomic E-state index is 12.6. The number of phenolic OH excluding ortho intramolecular Hbond substituents is 1. The van der Waals surface area contributed by atoms with Gasteiger partial charge in [0, 0.05) is 25.2 Å². The highest BCUT2D eigenvalue weighted by Gasteiger charge is 2.45. The highest BCUT2D eigenvalue weighted by atomic mass is 16.3. The molecule has 20 heavy (non-hydrogen) atoms. The van der Waals surface area contributed by atoms with E-state index in [1.54, 1.807) is 11.1 Å². The number of aldehydes is 1. The lowest BCUT2D eigenvalue weighted by Crippen LogP contribution is -2.45. The molecule has 1 aromatic carbocycles. The van der Waals surface area contributed by atoms with Crippen LogP contribution < -0.4 is 0 Å². The number of nitrogens with zero attached hydrogens (tertiary/aromatic N) is 2. The number of hydrogen-bond donors (Lipinski definition) is 2. The van der Waals surface area contributed by atoms with Gasteiger partial charge in [-0.3, -0.25) is 14.6 Å². The van der Waals surface area contributed by atoms with Crippen molar-refractivity contribution in [1.82, 2.24) is 4.90 Å². The zero-order chi connectivity index (χ0) is 14.5. The Bertz CT molecular complexity index is 640. The standard InChI is InChI=1S/C14H14N2O4/c1-14-4-9(18)5-16(14)13(20)10-2-8(6-17)12(19)3-11(10)15-7-14/h2-3,6-7,9,18-19H,4-5H2,1H3. The fourth-order valence-corrected chi connectivity index (χ4v) is 2.83. The molecular formula is C14H14N2O4. The molecule has 2 unspecified atom stereocenters. The van der Waals surface area contributed by atoms with Crippen LogP contribution in [0.3, 0.4) is 0 Å². The van der Waals surface area contributed by atoms with E-state index in [-0.39, 0.29) is 29.3 Å². The fraction of sp³-hybridized carbons (Fsp3) is 0.357. The molecule has 2 atom stereocenters. The Hall–Kier alpha value is -2.21. The summed E-state index contributed by atoms with van der Waals surface area (Å²) in [6, 6.07) is 2.66. The predicted molar refractivity (Wildman–Crippen MR) is 71.7 cm³/mol. The molecule has 2 heterocycles. The zero-order valence-electron chi connectivity index (χ0n) is 10.9. The lowest BCUT2D eigenvalue weighted by atomic mass is 9.99. The van der Waals surface area contributed by atoms with Crippen molar-refractivity contribution in [2.24, 2.45) is 4.99 Å². The van der Waals surface area contributed by atoms with Crippen molar-refractivity contribution in [2.45, 2.75) is 25.0 Å². The van der Waals surface area contributed by atoms with Crippen molar-refractivity contribution < 1.29 is 19.8 Å². The number of aliphatic hydroxyl groups excluding tert-OH is 1. The lowest BCUT2D eigenvalue weighted by molar-refractivity contribution is 0.0695. The number of aliphatic hydroxyl groups is 1. The summed E-state index contributed by atoms with van der Waals surface area (Å²) in [6.45, 7) is 2.06. The predicted octanol–water partition coefficient (Wildman–Crippen LogP) is 0.886. The third-order valence-corrected chi connectivity index (χ3v) is 3.89. The van der Waals surface area contributed by atoms with Crippen molar-refractivity contribution in [1.29, 1.82) is 0 Å². The first kappa shape index (κ1) is 12.8. The van der Waals surface area contributed by atoms with Crippen molar-refractivity contribution >= 4 is 24.1 Å². The molecule has 0 spiro atoms. The molecule has 104 valence electrons. The Balaban J connectivity index is 2.16. The van der Waals surface area contributed by atoms with Crippen LogP contribution in [-0.2, 0) is 0 Å². The molecule has 2 aliphatic rings. The third kappa shape index (κ3) is 1.72. The van der Waals surface area contributed by atoms with Crippen LogP contribution in [0.15, 0.2) is 17.1 Å². The van der Waals surface area contributed by atoms with Gasteiger partial charge < -0.3 is 15.1 Å². The molecule has 0 saturated carbocycles. The van der Waals surface area contributed by atoms with E-state index in [1.165, 1.54) is 12.1 Å². The van der Waals surface area contributed by atoms with Gasteiger partial charge in [-0.25, -0.2) is 0 Å². The largest absolute Gasteiger partial charge is 0.507 e. The van der Waals surface area contributed by atoms with E-state index >= 15 is 0 Å². The number of carbonyl (C=O) groups excluding carboxylic acids is 2. The summed E-state index contributed by atoms with van der Waals surface area (Å²) in [4.78, 5) is 29.3. The molecule has 0 radical (unpaired) electrons. The number of benzene rings is 1. The minimum absolute atomic E-state index is 0.0515. The van der Waals surface area contributed by atoms with Crippen LogP contribution in [0, 0.1) is 0 Å². The van der Waals surface area contributed by atoms with Gasteiger partial charge in [0.1, 0.15) is 5.75 Å². The number of aliphatic imine (C=N–C) groups is 1. The normalized spacial score (nSPS) is 28.0. The van der Waals surface area contributed by atoms with Crippen LogP contribution in [0.2, 0.25) is 0 Å². The number of carbonyl (C=O) groups is 2. The van der Waals surface area contributed by atoms with Crippen molar-refractivity contribution in [3.63, 3.8) is 0 Å². The first-order valence-electron chi connectivity index (χ1n) is 6.32. The maximum absolute atomic E-state index is 12.6. The second kappa shape index (κ2) is 4.14. The van der Waals surface area contributed by atoms with Gasteiger partial charge in [0.05, 0.1) is 28.5 Å². The van der Waals surface area contributed by atoms with Crippen LogP contribution in [0.25, 0.3) is 0 Å². The number of phenols is 1. The summed E-state index contributed by atoms with van der Waals surface area (Å²) >= 11 is 0. The van der Waals surface area contributed by atoms with E-state index in [2.05, 4.69) is 4.99 Å². The van der Waals surface area contributed by atoms with Crippen LogP contribution in [0.5, 0.6) is 5.75 Å². The number of fused-ring (bicyclic) bond motifs is 2. The second-order valence-corrected chi connectivity index (χ2v) is 5.44. The smallest absolute Gasteiger partial charge is 0.256 e. The van der Waals surface area contributed by atoms with Crippen molar-refractivity contribution in [3.8, 4) is 5.75 Å². The Morgan fingerprint density at radius 1 is 1.50 bits per heavy atom. The monoisotopic (exact) mass is 274 g/mol. The summed E-state index contributed by atoms with van der Waals surface area (Å²) in [6.07, 6.45) is 1.95. The summed E-state index contributed by atoms with van der Waals surface area (Å²) in [5.41, 5.74) is 0.00443. The Kier molecular flexibility index (Phi) is 2.65. The summed E-state index contributed by atoms with van der Waals surface area (Å²) in [5.74, 6) is -0.490. The summed E-state index contributed by atoms with van der Waals surface area (Å²) < 4.78 is 0. The number of β-amino-alcohol motifs (C(OH)–C–C–N with tert-alkyl or cyclic N) is 1. The van der Waals surface area contributed by atoms with E-state index < -0.39 is 11.6 Å². The molecule has 1 amide bonds. The quantitative estimate of drug-likeness (QED) is 0.744. The lowest BCUT2D eigenvalue weighted by Gasteiger charge is -2.29. The fourth-order valence-electron chi connectivity index (χ4n) is 2.83. The minimum Gasteiger partial charge on any atom is -0.507 e. The van der Waals surface area contributed by atoms with E-state index in [0.29, 0.717) is 18.4 Å². The molecular weight excluding hydrogens is 260 g/mol. The van der Waals surface area contributed by atoms with Crippen LogP contribution >= 0.6 is 0 Å². The van der Waals surface area contributed by atoms with Crippen LogP contribution in [0.4, 0.5) is 5.69 Å². The summed E-state index contributed by atoms with van der Waals surface area (Å²) in [7, 11) is 0. The van der Waals surface area contributed by atoms with E-state index in [0.717, 1.165) is 0 Å². The Morgan fingerprint density at radius 2 is 2.25 bits per heavy atom. The third-order valence-electron chi connectivity index (χ3n) is 3.89. The van der Waals surface area contributed by atoms with Gasteiger partial charge in [-0.2, -0.15) is 0 Å². The average Bonchev–Trinajstić information content (AvgIpc) is 2.67. The number of aromatic hydroxyl groups is 1. The molecule has 2 aliphatic heterocycles. The molecule has 0 aromatic heterocycles. The SMILES string of the molecule is CC12C=Nc3cc(O)c(C=O)cc3C(=O)N1CC(O)C2. The van der Waals surface area contributed by atoms with Gasteiger partial charge in [-0.15, -0.1) is 0 Å². The first-order chi connectivity index (χ1) is 9.44. The van der Waals surface area contributed by atoms with Gasteiger partial charge in [0.2, 0.25) is 0 Å². The highest BCUT2D eigenvalue weighted by Crippen LogP contribution is 2.37. The molecule has 6 nitrogen and oxygen atoms in total. The molecule has 1 aromatic rings. The topological polar surface area (TPSA) is 90.2 Å². The van der Waals surface area contributed by atoms with Gasteiger partial charge in [0.25, 0.3) is 5.91 Å². The molecule has 1 fully saturated rings. The highest BCUT2D eigenvalue weighted by molar-refractivity contribution is 6.05. The first-order valence-corrected chi connectivity index (χ1v) is 6.32. The van der Waals surface area contributed by atoms with Crippen molar-refractivity contribution in [2.75, 3.05) is 6.54 Å². The number of hydrogen-bond acceptors (Lipinski definition) is 5. The average molecular weight is 274 g/mol. The minimum atomic E-state index is -0.646. The Labute approximate surface area is 115 Å². The maximum Gasteiger partial charge on any atom is 0.256 e. The number of rotatable bonds is 1. The molecule has 0 bridgehead atoms. The summed E-state index contributed by atoms with van der Waals surface area (Å²) in [5, 5.41) is 19.5. The van der Waals surface area contributed by atoms with Crippen molar-refractivity contribution in [3.05, 3.63) is 23.3 Å². The van der Waals surface area contributed by atoms with Crippen LogP contribution in [-0.4, -0.2) is 51.7 Å². The van der Waals surface area contributed by atoms with Gasteiger partial charge in [0.15, 0.2) is 6.29 Å². The number of amides is 1. The second-order valence-electron chi connectivity index (χ2n) is 5.44. The Morgan fingerprint density at radius 3 is 2.95 bits per heavy atom. The van der Waals surface area contributed by atoms with E-state index in [9.17, 15) is 19.8 Å². The van der Waals surface area contributed by atoms with Crippen LogP contribution in [0.1, 0.15) is 34.1 Å². The molecule has 6 heteroatoms. The molecule has 2 N–H and O–H groups in total. The van der Waals surface area contributed by atoms with E-state index in [4.69, 9.17) is 0 Å². The molecule has 1 saturated heterocycles. The van der Waals surface area contributed by atoms with Gasteiger partial charge in [-0.05, 0) is 13.0 Å². The van der Waals surface area contributed by atoms with Gasteiger partial charge in [-0.1, -0.05) is 0 Å². The zero-order valence-corrected chi connectivity index (χ0v) is 10.9.